The van der Waals surface area contributed by atoms with Crippen LogP contribution in [0.2, 0.25) is 0 Å². The standard InChI is InChI=1S/C19H22N4O2/c1-13(14-7-3-2-4-8-14)11-17(24)23-10-6-5-9-16(23)18-15(19(20)25)12-21-22-18/h2-4,7-8,11-12,16H,5-6,9-10H2,1H3,(H2,20,25)(H,21,22)/b13-11+. The molecule has 0 radical (unpaired) electrons. The number of hydrogen-bond acceptors (Lipinski definition) is 3. The molecule has 1 aromatic carbocycles. The Balaban J connectivity index is 1.87. The van der Waals surface area contributed by atoms with E-state index in [1.165, 1.54) is 6.20 Å². The molecule has 1 saturated heterocycles. The number of rotatable bonds is 4. The highest BCUT2D eigenvalue weighted by Gasteiger charge is 2.31. The van der Waals surface area contributed by atoms with Crippen LogP contribution in [0.4, 0.5) is 0 Å². The number of nitrogens with two attached hydrogens (primary N) is 1. The van der Waals surface area contributed by atoms with E-state index in [0.717, 1.165) is 30.4 Å². The lowest BCUT2D eigenvalue weighted by molar-refractivity contribution is -0.129. The molecule has 1 aliphatic heterocycles. The van der Waals surface area contributed by atoms with Gasteiger partial charge in [-0.05, 0) is 37.3 Å². The summed E-state index contributed by atoms with van der Waals surface area (Å²) in [7, 11) is 0. The van der Waals surface area contributed by atoms with Crippen molar-refractivity contribution in [1.82, 2.24) is 15.1 Å². The topological polar surface area (TPSA) is 92.1 Å². The van der Waals surface area contributed by atoms with Crippen molar-refractivity contribution < 1.29 is 9.59 Å². The van der Waals surface area contributed by atoms with Gasteiger partial charge in [0.25, 0.3) is 5.91 Å². The summed E-state index contributed by atoms with van der Waals surface area (Å²) in [6, 6.07) is 9.60. The number of likely N-dealkylation sites (tertiary alicyclic amines) is 1. The molecule has 3 rings (SSSR count). The van der Waals surface area contributed by atoms with E-state index in [0.29, 0.717) is 17.8 Å². The maximum atomic E-state index is 12.9. The second kappa shape index (κ2) is 7.34. The normalized spacial score (nSPS) is 18.2. The number of benzene rings is 1. The molecule has 0 aliphatic carbocycles. The predicted molar refractivity (Wildman–Crippen MR) is 95.5 cm³/mol. The van der Waals surface area contributed by atoms with E-state index >= 15 is 0 Å². The molecule has 0 bridgehead atoms. The smallest absolute Gasteiger partial charge is 0.252 e. The Labute approximate surface area is 146 Å². The molecule has 1 aromatic heterocycles. The summed E-state index contributed by atoms with van der Waals surface area (Å²) in [6.45, 7) is 2.58. The van der Waals surface area contributed by atoms with Crippen LogP contribution in [-0.2, 0) is 4.79 Å². The van der Waals surface area contributed by atoms with Crippen molar-refractivity contribution in [2.75, 3.05) is 6.54 Å². The Morgan fingerprint density at radius 3 is 2.76 bits per heavy atom. The zero-order valence-corrected chi connectivity index (χ0v) is 14.2. The molecule has 6 heteroatoms. The summed E-state index contributed by atoms with van der Waals surface area (Å²) in [5.74, 6) is -0.589. The zero-order valence-electron chi connectivity index (χ0n) is 14.2. The van der Waals surface area contributed by atoms with Crippen molar-refractivity contribution in [3.63, 3.8) is 0 Å². The van der Waals surface area contributed by atoms with Crippen molar-refractivity contribution in [3.8, 4) is 0 Å². The monoisotopic (exact) mass is 338 g/mol. The molecule has 1 fully saturated rings. The lowest BCUT2D eigenvalue weighted by Crippen LogP contribution is -2.38. The molecule has 2 heterocycles. The van der Waals surface area contributed by atoms with Crippen LogP contribution in [0.3, 0.4) is 0 Å². The van der Waals surface area contributed by atoms with Crippen LogP contribution in [0, 0.1) is 0 Å². The molecule has 2 amide bonds. The molecule has 1 unspecified atom stereocenters. The van der Waals surface area contributed by atoms with Crippen molar-refractivity contribution in [2.24, 2.45) is 5.73 Å². The lowest BCUT2D eigenvalue weighted by atomic mass is 9.96. The number of primary amides is 1. The highest BCUT2D eigenvalue weighted by Crippen LogP contribution is 2.32. The fraction of sp³-hybridized carbons (Fsp3) is 0.316. The van der Waals surface area contributed by atoms with Gasteiger partial charge in [-0.25, -0.2) is 0 Å². The summed E-state index contributed by atoms with van der Waals surface area (Å²) < 4.78 is 0. The van der Waals surface area contributed by atoms with Crippen molar-refractivity contribution in [3.05, 3.63) is 59.4 Å². The second-order valence-corrected chi connectivity index (χ2v) is 6.30. The number of allylic oxidation sites excluding steroid dienone is 1. The Bertz CT molecular complexity index is 795. The van der Waals surface area contributed by atoms with Gasteiger partial charge in [0.2, 0.25) is 5.91 Å². The number of carbonyl (C=O) groups excluding carboxylic acids is 2. The maximum absolute atomic E-state index is 12.9. The first-order valence-electron chi connectivity index (χ1n) is 8.45. The summed E-state index contributed by atoms with van der Waals surface area (Å²) in [4.78, 5) is 26.3. The van der Waals surface area contributed by atoms with E-state index in [-0.39, 0.29) is 11.9 Å². The molecule has 3 N–H and O–H groups in total. The van der Waals surface area contributed by atoms with Crippen LogP contribution in [0.25, 0.3) is 5.57 Å². The highest BCUT2D eigenvalue weighted by atomic mass is 16.2. The van der Waals surface area contributed by atoms with Crippen LogP contribution >= 0.6 is 0 Å². The molecular weight excluding hydrogens is 316 g/mol. The molecule has 1 aliphatic rings. The van der Waals surface area contributed by atoms with Crippen LogP contribution < -0.4 is 5.73 Å². The third-order valence-electron chi connectivity index (χ3n) is 4.62. The number of aromatic amines is 1. The highest BCUT2D eigenvalue weighted by molar-refractivity contribution is 5.96. The van der Waals surface area contributed by atoms with E-state index in [4.69, 9.17) is 5.73 Å². The van der Waals surface area contributed by atoms with Crippen LogP contribution in [-0.4, -0.2) is 33.5 Å². The van der Waals surface area contributed by atoms with Gasteiger partial charge in [-0.15, -0.1) is 0 Å². The van der Waals surface area contributed by atoms with E-state index in [2.05, 4.69) is 10.2 Å². The minimum absolute atomic E-state index is 0.0592. The first kappa shape index (κ1) is 17.0. The van der Waals surface area contributed by atoms with Gasteiger partial charge in [0.15, 0.2) is 0 Å². The third-order valence-corrected chi connectivity index (χ3v) is 4.62. The largest absolute Gasteiger partial charge is 0.365 e. The predicted octanol–water partition coefficient (Wildman–Crippen LogP) is 2.67. The summed E-state index contributed by atoms with van der Waals surface area (Å²) >= 11 is 0. The van der Waals surface area contributed by atoms with Gasteiger partial charge < -0.3 is 10.6 Å². The van der Waals surface area contributed by atoms with Gasteiger partial charge in [0.1, 0.15) is 0 Å². The van der Waals surface area contributed by atoms with E-state index in [9.17, 15) is 9.59 Å². The van der Waals surface area contributed by atoms with Gasteiger partial charge in [-0.2, -0.15) is 5.10 Å². The van der Waals surface area contributed by atoms with Gasteiger partial charge in [0, 0.05) is 12.6 Å². The molecule has 130 valence electrons. The summed E-state index contributed by atoms with van der Waals surface area (Å²) in [5, 5.41) is 6.80. The minimum atomic E-state index is -0.530. The molecule has 1 atom stereocenters. The Morgan fingerprint density at radius 1 is 1.28 bits per heavy atom. The molecule has 2 aromatic rings. The average Bonchev–Trinajstić information content (AvgIpc) is 3.12. The Hall–Kier alpha value is -2.89. The first-order valence-corrected chi connectivity index (χ1v) is 8.45. The SMILES string of the molecule is C/C(=C\C(=O)N1CCCCC1c1[nH]ncc1C(N)=O)c1ccccc1. The molecule has 25 heavy (non-hydrogen) atoms. The molecule has 6 nitrogen and oxygen atoms in total. The number of piperidine rings is 1. The van der Waals surface area contributed by atoms with Crippen molar-refractivity contribution >= 4 is 17.4 Å². The van der Waals surface area contributed by atoms with Gasteiger partial charge in [-0.1, -0.05) is 30.3 Å². The lowest BCUT2D eigenvalue weighted by Gasteiger charge is -2.35. The second-order valence-electron chi connectivity index (χ2n) is 6.30. The number of nitrogens with one attached hydrogen (secondary N) is 1. The summed E-state index contributed by atoms with van der Waals surface area (Å²) in [5.41, 5.74) is 8.34. The average molecular weight is 338 g/mol. The number of amides is 2. The number of H-pyrrole nitrogens is 1. The number of nitrogens with zero attached hydrogens (tertiary/aromatic N) is 2. The molecule has 0 spiro atoms. The fourth-order valence-corrected chi connectivity index (χ4v) is 3.29. The number of aromatic nitrogens is 2. The number of carbonyl (C=O) groups is 2. The van der Waals surface area contributed by atoms with Gasteiger partial charge in [-0.3, -0.25) is 14.7 Å². The van der Waals surface area contributed by atoms with Gasteiger partial charge in [0.05, 0.1) is 23.5 Å². The minimum Gasteiger partial charge on any atom is -0.365 e. The zero-order chi connectivity index (χ0) is 17.8. The van der Waals surface area contributed by atoms with E-state index in [1.807, 2.05) is 37.3 Å². The van der Waals surface area contributed by atoms with Gasteiger partial charge >= 0.3 is 0 Å². The van der Waals surface area contributed by atoms with Crippen LogP contribution in [0.15, 0.2) is 42.6 Å². The van der Waals surface area contributed by atoms with E-state index < -0.39 is 5.91 Å². The van der Waals surface area contributed by atoms with Crippen molar-refractivity contribution in [2.45, 2.75) is 32.2 Å². The fourth-order valence-electron chi connectivity index (χ4n) is 3.29. The quantitative estimate of drug-likeness (QED) is 0.840. The molecular formula is C19H22N4O2. The Kier molecular flexibility index (Phi) is 4.97. The summed E-state index contributed by atoms with van der Waals surface area (Å²) in [6.07, 6.45) is 5.81. The van der Waals surface area contributed by atoms with Crippen LogP contribution in [0.1, 0.15) is 53.8 Å². The maximum Gasteiger partial charge on any atom is 0.252 e. The Morgan fingerprint density at radius 2 is 2.04 bits per heavy atom. The third kappa shape index (κ3) is 3.63. The van der Waals surface area contributed by atoms with Crippen LogP contribution in [0.5, 0.6) is 0 Å². The van der Waals surface area contributed by atoms with E-state index in [1.54, 1.807) is 11.0 Å². The van der Waals surface area contributed by atoms with Crippen molar-refractivity contribution in [1.29, 1.82) is 0 Å². The molecule has 0 saturated carbocycles. The first-order chi connectivity index (χ1) is 12.1. The number of hydrogen-bond donors (Lipinski definition) is 2.